The monoisotopic (exact) mass is 837 g/mol. The number of Topliss-reactive ketones (excluding diaryl/α,β-unsaturated/α-hetero) is 1. The van der Waals surface area contributed by atoms with Crippen molar-refractivity contribution >= 4 is 55.6 Å². The zero-order chi connectivity index (χ0) is 40.1. The third kappa shape index (κ3) is 12.3. The highest BCUT2D eigenvalue weighted by Crippen LogP contribution is 2.38. The van der Waals surface area contributed by atoms with Crippen molar-refractivity contribution in [3.63, 3.8) is 0 Å². The summed E-state index contributed by atoms with van der Waals surface area (Å²) in [6.45, 7) is 1.58. The van der Waals surface area contributed by atoms with E-state index < -0.39 is 15.5 Å². The molecule has 0 unspecified atom stereocenters. The molecular formula is C41H48Cl2F3N3O6S. The largest absolute Gasteiger partial charge is 0.511 e. The molecule has 0 amide bonds. The first-order valence-corrected chi connectivity index (χ1v) is 21.0. The molecule has 15 heteroatoms. The predicted octanol–water partition coefficient (Wildman–Crippen LogP) is 9.79. The van der Waals surface area contributed by atoms with Gasteiger partial charge in [-0.05, 0) is 98.0 Å². The van der Waals surface area contributed by atoms with Crippen LogP contribution in [0.15, 0.2) is 72.8 Å². The summed E-state index contributed by atoms with van der Waals surface area (Å²) in [6.07, 6.45) is 5.34. The van der Waals surface area contributed by atoms with Crippen molar-refractivity contribution < 1.29 is 40.6 Å². The Morgan fingerprint density at radius 2 is 1.41 bits per heavy atom. The van der Waals surface area contributed by atoms with Gasteiger partial charge in [-0.15, -0.1) is 0 Å². The average molecular weight is 839 g/mol. The first-order chi connectivity index (χ1) is 26.9. The number of ketones is 1. The van der Waals surface area contributed by atoms with Gasteiger partial charge in [0.2, 0.25) is 5.88 Å². The van der Waals surface area contributed by atoms with Gasteiger partial charge in [0.1, 0.15) is 5.78 Å². The summed E-state index contributed by atoms with van der Waals surface area (Å²) in [6, 6.07) is 22.7. The number of carbonyl (C=O) groups excluding carboxylic acids is 1. The fourth-order valence-electron chi connectivity index (χ4n) is 6.76. The lowest BCUT2D eigenvalue weighted by atomic mass is 9.84. The maximum Gasteiger partial charge on any atom is 0.511 e. The number of anilines is 1. The highest BCUT2D eigenvalue weighted by molar-refractivity contribution is 7.90. The van der Waals surface area contributed by atoms with Crippen molar-refractivity contribution in [2.75, 3.05) is 51.9 Å². The number of hydrogen-bond acceptors (Lipinski definition) is 8. The molecule has 1 aliphatic heterocycles. The molecule has 1 fully saturated rings. The van der Waals surface area contributed by atoms with Gasteiger partial charge in [0.15, 0.2) is 0 Å². The molecule has 0 spiro atoms. The number of sulfonamides is 1. The van der Waals surface area contributed by atoms with Crippen LogP contribution < -0.4 is 10.1 Å². The van der Waals surface area contributed by atoms with Crippen molar-refractivity contribution in [1.82, 2.24) is 9.29 Å². The van der Waals surface area contributed by atoms with Crippen molar-refractivity contribution in [2.45, 2.75) is 75.3 Å². The molecular weight excluding hydrogens is 790 g/mol. The zero-order valence-corrected chi connectivity index (χ0v) is 33.7. The Balaban J connectivity index is 1.30. The minimum absolute atomic E-state index is 0.175. The molecule has 0 radical (unpaired) electrons. The van der Waals surface area contributed by atoms with Gasteiger partial charge in [-0.1, -0.05) is 53.5 Å². The van der Waals surface area contributed by atoms with Gasteiger partial charge in [-0.2, -0.15) is 17.5 Å². The fourth-order valence-corrected chi connectivity index (χ4v) is 8.00. The summed E-state index contributed by atoms with van der Waals surface area (Å²) in [5.41, 5.74) is -1.08. The molecule has 1 aromatic heterocycles. The van der Waals surface area contributed by atoms with Crippen LogP contribution in [0.2, 0.25) is 10.0 Å². The number of alkyl halides is 3. The number of carbonyl (C=O) groups is 1. The van der Waals surface area contributed by atoms with E-state index in [-0.39, 0.29) is 43.7 Å². The van der Waals surface area contributed by atoms with Crippen LogP contribution in [0.1, 0.15) is 80.4 Å². The van der Waals surface area contributed by atoms with Gasteiger partial charge >= 0.3 is 15.5 Å². The van der Waals surface area contributed by atoms with Gasteiger partial charge in [-0.25, -0.2) is 13.4 Å². The van der Waals surface area contributed by atoms with E-state index in [1.165, 1.54) is 0 Å². The van der Waals surface area contributed by atoms with Gasteiger partial charge in [0, 0.05) is 78.8 Å². The average Bonchev–Trinajstić information content (AvgIpc) is 3.17. The highest BCUT2D eigenvalue weighted by Gasteiger charge is 2.50. The van der Waals surface area contributed by atoms with Crippen LogP contribution in [0, 0.1) is 0 Å². The van der Waals surface area contributed by atoms with Gasteiger partial charge in [0.25, 0.3) is 0 Å². The number of nitrogens with one attached hydrogen (secondary N) is 1. The summed E-state index contributed by atoms with van der Waals surface area (Å²) in [5.74, 6) is 0.423. The number of piperidine rings is 1. The highest BCUT2D eigenvalue weighted by atomic mass is 35.5. The number of hydrogen-bond donors (Lipinski definition) is 1. The Morgan fingerprint density at radius 1 is 0.821 bits per heavy atom. The molecule has 5 rings (SSSR count). The van der Waals surface area contributed by atoms with E-state index in [0.717, 1.165) is 54.2 Å². The van der Waals surface area contributed by atoms with E-state index in [9.17, 15) is 26.4 Å². The topological polar surface area (TPSA) is 107 Å². The molecule has 0 atom stereocenters. The summed E-state index contributed by atoms with van der Waals surface area (Å²) in [5, 5.41) is 5.48. The Bertz CT molecular complexity index is 1930. The normalized spacial score (nSPS) is 14.4. The molecule has 0 saturated carbocycles. The third-order valence-electron chi connectivity index (χ3n) is 9.77. The van der Waals surface area contributed by atoms with E-state index in [1.54, 1.807) is 13.2 Å². The number of nitrogens with zero attached hydrogens (tertiary/aromatic N) is 2. The second kappa shape index (κ2) is 20.8. The molecule has 1 N–H and O–H groups in total. The van der Waals surface area contributed by atoms with Crippen molar-refractivity contribution in [3.8, 4) is 5.88 Å². The number of halogens is 5. The minimum Gasteiger partial charge on any atom is -0.478 e. The SMILES string of the molecule is COCCOCCCCC(=O)CCCCCOc1cc(NC2CCN(S(=O)(=O)C(F)(F)F)CC2)c2cc(C(c3ccc(Cl)cc3)c3ccc(Cl)cc3)ccc2n1. The Morgan fingerprint density at radius 3 is 2.02 bits per heavy atom. The molecule has 0 bridgehead atoms. The molecule has 9 nitrogen and oxygen atoms in total. The van der Waals surface area contributed by atoms with Gasteiger partial charge < -0.3 is 19.5 Å². The number of unbranched alkanes of at least 4 members (excludes halogenated alkanes) is 3. The number of fused-ring (bicyclic) bond motifs is 1. The number of ether oxygens (including phenoxy) is 3. The number of methoxy groups -OCH3 is 1. The number of rotatable bonds is 21. The maximum absolute atomic E-state index is 13.3. The second-order valence-electron chi connectivity index (χ2n) is 13.8. The van der Waals surface area contributed by atoms with Crippen LogP contribution in [0.4, 0.5) is 18.9 Å². The van der Waals surface area contributed by atoms with Crippen LogP contribution in [-0.2, 0) is 24.3 Å². The summed E-state index contributed by atoms with van der Waals surface area (Å²) in [4.78, 5) is 17.1. The minimum atomic E-state index is -5.41. The number of pyridine rings is 1. The quantitative estimate of drug-likeness (QED) is 0.0654. The smallest absolute Gasteiger partial charge is 0.478 e. The maximum atomic E-state index is 13.3. The lowest BCUT2D eigenvalue weighted by Crippen LogP contribution is -2.47. The lowest BCUT2D eigenvalue weighted by Gasteiger charge is -2.32. The summed E-state index contributed by atoms with van der Waals surface area (Å²) >= 11 is 12.5. The Labute approximate surface area is 336 Å². The van der Waals surface area contributed by atoms with E-state index in [4.69, 9.17) is 42.4 Å². The number of benzene rings is 3. The molecule has 3 aromatic carbocycles. The van der Waals surface area contributed by atoms with Crippen molar-refractivity contribution in [1.29, 1.82) is 0 Å². The molecule has 4 aromatic rings. The van der Waals surface area contributed by atoms with Crippen molar-refractivity contribution in [2.24, 2.45) is 0 Å². The van der Waals surface area contributed by atoms with Crippen LogP contribution in [-0.4, -0.2) is 81.7 Å². The molecule has 1 aliphatic rings. The Kier molecular flexibility index (Phi) is 16.2. The van der Waals surface area contributed by atoms with Crippen LogP contribution >= 0.6 is 23.2 Å². The summed E-state index contributed by atoms with van der Waals surface area (Å²) in [7, 11) is -3.78. The number of aromatic nitrogens is 1. The van der Waals surface area contributed by atoms with E-state index >= 15 is 0 Å². The standard InChI is InChI=1S/C41H48Cl2F3N3O6S/c1-53-25-26-54-23-6-4-8-35(50)7-3-2-5-24-55-39-28-38(47-34-19-21-49(22-20-34)56(51,52)41(44,45)46)36-27-31(13-18-37(36)48-39)40(29-9-14-32(42)15-10-29)30-11-16-33(43)17-12-30/h9-18,27-28,34,40H,2-8,19-26H2,1H3,(H,47,48). The lowest BCUT2D eigenvalue weighted by molar-refractivity contribution is -0.119. The second-order valence-corrected chi connectivity index (χ2v) is 16.7. The van der Waals surface area contributed by atoms with E-state index in [1.807, 2.05) is 66.7 Å². The fraction of sp³-hybridized carbons (Fsp3) is 0.463. The zero-order valence-electron chi connectivity index (χ0n) is 31.3. The van der Waals surface area contributed by atoms with Crippen LogP contribution in [0.25, 0.3) is 10.9 Å². The van der Waals surface area contributed by atoms with Crippen molar-refractivity contribution in [3.05, 3.63) is 99.5 Å². The molecule has 56 heavy (non-hydrogen) atoms. The first-order valence-electron chi connectivity index (χ1n) is 18.9. The molecule has 1 saturated heterocycles. The van der Waals surface area contributed by atoms with Crippen LogP contribution in [0.5, 0.6) is 5.88 Å². The van der Waals surface area contributed by atoms with Crippen LogP contribution in [0.3, 0.4) is 0 Å². The van der Waals surface area contributed by atoms with E-state index in [2.05, 4.69) is 5.32 Å². The third-order valence-corrected chi connectivity index (χ3v) is 11.9. The van der Waals surface area contributed by atoms with E-state index in [0.29, 0.717) is 70.7 Å². The van der Waals surface area contributed by atoms with Gasteiger partial charge in [0.05, 0.1) is 25.3 Å². The molecule has 304 valence electrons. The Hall–Kier alpha value is -3.46. The molecule has 0 aliphatic carbocycles. The van der Waals surface area contributed by atoms with Gasteiger partial charge in [-0.3, -0.25) is 4.79 Å². The first kappa shape index (κ1) is 43.7. The molecule has 2 heterocycles. The predicted molar refractivity (Wildman–Crippen MR) is 214 cm³/mol. The summed E-state index contributed by atoms with van der Waals surface area (Å²) < 4.78 is 81.0.